The molecule has 0 radical (unpaired) electrons. The quantitative estimate of drug-likeness (QED) is 0.898. The lowest BCUT2D eigenvalue weighted by molar-refractivity contribution is 0.370. The molecule has 112 valence electrons. The van der Waals surface area contributed by atoms with E-state index in [1.807, 2.05) is 0 Å². The van der Waals surface area contributed by atoms with Crippen LogP contribution in [0.15, 0.2) is 12.4 Å². The summed E-state index contributed by atoms with van der Waals surface area (Å²) in [6.07, 6.45) is 4.31. The van der Waals surface area contributed by atoms with Crippen LogP contribution >= 0.6 is 0 Å². The summed E-state index contributed by atoms with van der Waals surface area (Å²) in [4.78, 5) is 11.3. The highest BCUT2D eigenvalue weighted by Crippen LogP contribution is 2.22. The molecular weight excluding hydrogens is 248 g/mol. The highest BCUT2D eigenvalue weighted by Gasteiger charge is 2.20. The third kappa shape index (κ3) is 3.92. The Balaban J connectivity index is 2.13. The van der Waals surface area contributed by atoms with Crippen molar-refractivity contribution in [3.63, 3.8) is 0 Å². The van der Waals surface area contributed by atoms with Gasteiger partial charge in [-0.05, 0) is 51.6 Å². The average Bonchev–Trinajstić information content (AvgIpc) is 2.45. The zero-order valence-electron chi connectivity index (χ0n) is 13.3. The van der Waals surface area contributed by atoms with Crippen molar-refractivity contribution in [1.29, 1.82) is 0 Å². The zero-order chi connectivity index (χ0) is 14.5. The van der Waals surface area contributed by atoms with Gasteiger partial charge in [0.2, 0.25) is 0 Å². The predicted molar refractivity (Wildman–Crippen MR) is 84.2 cm³/mol. The first-order valence-electron chi connectivity index (χ1n) is 7.87. The number of aromatic nitrogens is 2. The first-order chi connectivity index (χ1) is 9.58. The average molecular weight is 276 g/mol. The molecular formula is C16H28N4. The lowest BCUT2D eigenvalue weighted by Crippen LogP contribution is -2.41. The summed E-state index contributed by atoms with van der Waals surface area (Å²) in [7, 11) is 0. The van der Waals surface area contributed by atoms with Crippen molar-refractivity contribution in [1.82, 2.24) is 15.3 Å². The third-order valence-electron chi connectivity index (χ3n) is 4.04. The molecule has 1 aromatic rings. The SMILES string of the molecule is CC(C)c1cc(N(CC2CCCNC2)C(C)C)ncn1. The molecule has 1 aliphatic heterocycles. The van der Waals surface area contributed by atoms with Gasteiger partial charge in [-0.15, -0.1) is 0 Å². The molecule has 2 heterocycles. The van der Waals surface area contributed by atoms with E-state index in [2.05, 4.69) is 53.9 Å². The maximum atomic E-state index is 4.50. The number of hydrogen-bond donors (Lipinski definition) is 1. The summed E-state index contributed by atoms with van der Waals surface area (Å²) in [5, 5.41) is 3.50. The van der Waals surface area contributed by atoms with Gasteiger partial charge in [0.25, 0.3) is 0 Å². The normalized spacial score (nSPS) is 19.6. The Bertz CT molecular complexity index is 411. The fourth-order valence-electron chi connectivity index (χ4n) is 2.76. The molecule has 1 unspecified atom stereocenters. The van der Waals surface area contributed by atoms with Gasteiger partial charge in [-0.25, -0.2) is 9.97 Å². The smallest absolute Gasteiger partial charge is 0.132 e. The molecule has 1 saturated heterocycles. The highest BCUT2D eigenvalue weighted by atomic mass is 15.2. The molecule has 0 aliphatic carbocycles. The molecule has 2 rings (SSSR count). The minimum atomic E-state index is 0.446. The van der Waals surface area contributed by atoms with E-state index in [9.17, 15) is 0 Å². The molecule has 4 heteroatoms. The topological polar surface area (TPSA) is 41.0 Å². The van der Waals surface area contributed by atoms with E-state index in [0.29, 0.717) is 12.0 Å². The van der Waals surface area contributed by atoms with Crippen molar-refractivity contribution >= 4 is 5.82 Å². The zero-order valence-corrected chi connectivity index (χ0v) is 13.3. The summed E-state index contributed by atoms with van der Waals surface area (Å²) >= 11 is 0. The van der Waals surface area contributed by atoms with Crippen LogP contribution in [0.4, 0.5) is 5.82 Å². The molecule has 0 amide bonds. The van der Waals surface area contributed by atoms with Gasteiger partial charge in [0, 0.05) is 24.3 Å². The Kier molecular flexibility index (Phi) is 5.35. The molecule has 0 spiro atoms. The minimum absolute atomic E-state index is 0.446. The monoisotopic (exact) mass is 276 g/mol. The number of rotatable bonds is 5. The van der Waals surface area contributed by atoms with Crippen LogP contribution in [0, 0.1) is 5.92 Å². The molecule has 1 atom stereocenters. The van der Waals surface area contributed by atoms with Crippen molar-refractivity contribution < 1.29 is 0 Å². The molecule has 0 bridgehead atoms. The van der Waals surface area contributed by atoms with E-state index in [1.165, 1.54) is 19.4 Å². The first kappa shape index (κ1) is 15.2. The van der Waals surface area contributed by atoms with E-state index < -0.39 is 0 Å². The molecule has 1 fully saturated rings. The summed E-state index contributed by atoms with van der Waals surface area (Å²) in [6.45, 7) is 12.2. The number of nitrogens with zero attached hydrogens (tertiary/aromatic N) is 3. The molecule has 4 nitrogen and oxygen atoms in total. The largest absolute Gasteiger partial charge is 0.354 e. The van der Waals surface area contributed by atoms with Crippen LogP contribution in [0.3, 0.4) is 0 Å². The molecule has 1 N–H and O–H groups in total. The number of anilines is 1. The summed E-state index contributed by atoms with van der Waals surface area (Å²) in [5.74, 6) is 2.25. The lowest BCUT2D eigenvalue weighted by atomic mass is 9.98. The predicted octanol–water partition coefficient (Wildman–Crippen LogP) is 2.81. The van der Waals surface area contributed by atoms with Gasteiger partial charge in [0.1, 0.15) is 12.1 Å². The van der Waals surface area contributed by atoms with E-state index in [1.54, 1.807) is 6.33 Å². The standard InChI is InChI=1S/C16H28N4/c1-12(2)15-8-16(19-11-18-15)20(13(3)4)10-14-6-5-7-17-9-14/h8,11-14,17H,5-7,9-10H2,1-4H3. The minimum Gasteiger partial charge on any atom is -0.354 e. The molecule has 20 heavy (non-hydrogen) atoms. The first-order valence-corrected chi connectivity index (χ1v) is 7.87. The van der Waals surface area contributed by atoms with Crippen molar-refractivity contribution in [2.75, 3.05) is 24.5 Å². The summed E-state index contributed by atoms with van der Waals surface area (Å²) in [6, 6.07) is 2.62. The second kappa shape index (κ2) is 7.02. The Morgan fingerprint density at radius 3 is 2.70 bits per heavy atom. The summed E-state index contributed by atoms with van der Waals surface area (Å²) < 4.78 is 0. The van der Waals surface area contributed by atoms with E-state index >= 15 is 0 Å². The van der Waals surface area contributed by atoms with Crippen LogP contribution in [0.2, 0.25) is 0 Å². The summed E-state index contributed by atoms with van der Waals surface area (Å²) in [5.41, 5.74) is 1.13. The number of hydrogen-bond acceptors (Lipinski definition) is 4. The van der Waals surface area contributed by atoms with E-state index in [4.69, 9.17) is 0 Å². The molecule has 0 saturated carbocycles. The fraction of sp³-hybridized carbons (Fsp3) is 0.750. The fourth-order valence-corrected chi connectivity index (χ4v) is 2.76. The van der Waals surface area contributed by atoms with Gasteiger partial charge in [0.05, 0.1) is 0 Å². The van der Waals surface area contributed by atoms with Gasteiger partial charge in [-0.3, -0.25) is 0 Å². The second-order valence-electron chi connectivity index (χ2n) is 6.41. The van der Waals surface area contributed by atoms with Gasteiger partial charge in [0.15, 0.2) is 0 Å². The lowest BCUT2D eigenvalue weighted by Gasteiger charge is -2.33. The third-order valence-corrected chi connectivity index (χ3v) is 4.04. The highest BCUT2D eigenvalue weighted by molar-refractivity contribution is 5.40. The molecule has 1 aromatic heterocycles. The van der Waals surface area contributed by atoms with E-state index in [0.717, 1.165) is 30.5 Å². The Labute approximate surface area is 123 Å². The van der Waals surface area contributed by atoms with Crippen molar-refractivity contribution in [3.05, 3.63) is 18.1 Å². The van der Waals surface area contributed by atoms with Crippen LogP contribution < -0.4 is 10.2 Å². The Hall–Kier alpha value is -1.16. The number of piperidine rings is 1. The van der Waals surface area contributed by atoms with Crippen LogP contribution in [-0.4, -0.2) is 35.6 Å². The van der Waals surface area contributed by atoms with Crippen LogP contribution in [0.5, 0.6) is 0 Å². The second-order valence-corrected chi connectivity index (χ2v) is 6.41. The van der Waals surface area contributed by atoms with Crippen LogP contribution in [-0.2, 0) is 0 Å². The van der Waals surface area contributed by atoms with Gasteiger partial charge in [-0.1, -0.05) is 13.8 Å². The Morgan fingerprint density at radius 2 is 2.10 bits per heavy atom. The van der Waals surface area contributed by atoms with Crippen LogP contribution in [0.25, 0.3) is 0 Å². The van der Waals surface area contributed by atoms with Crippen molar-refractivity contribution in [3.8, 4) is 0 Å². The van der Waals surface area contributed by atoms with Crippen molar-refractivity contribution in [2.45, 2.75) is 52.5 Å². The number of nitrogens with one attached hydrogen (secondary N) is 1. The van der Waals surface area contributed by atoms with Gasteiger partial charge < -0.3 is 10.2 Å². The van der Waals surface area contributed by atoms with Crippen LogP contribution in [0.1, 0.15) is 52.1 Å². The maximum Gasteiger partial charge on any atom is 0.132 e. The maximum absolute atomic E-state index is 4.50. The molecule has 0 aromatic carbocycles. The van der Waals surface area contributed by atoms with E-state index in [-0.39, 0.29) is 0 Å². The van der Waals surface area contributed by atoms with Crippen molar-refractivity contribution in [2.24, 2.45) is 5.92 Å². The molecule has 1 aliphatic rings. The van der Waals surface area contributed by atoms with Gasteiger partial charge >= 0.3 is 0 Å². The Morgan fingerprint density at radius 1 is 1.30 bits per heavy atom. The van der Waals surface area contributed by atoms with Gasteiger partial charge in [-0.2, -0.15) is 0 Å².